The summed E-state index contributed by atoms with van der Waals surface area (Å²) in [7, 11) is 0.499. The zero-order chi connectivity index (χ0) is 16.2. The number of rotatable bonds is 6. The van der Waals surface area contributed by atoms with Crippen molar-refractivity contribution >= 4 is 28.3 Å². The molecular formula is C13H22ClN3O4S. The monoisotopic (exact) mass is 351 g/mol. The normalized spacial score (nSPS) is 12.5. The molecule has 0 spiro atoms. The molecule has 3 N–H and O–H groups in total. The lowest BCUT2D eigenvalue weighted by Crippen LogP contribution is -2.37. The van der Waals surface area contributed by atoms with Gasteiger partial charge in [0.2, 0.25) is 10.0 Å². The number of halogens is 1. The van der Waals surface area contributed by atoms with E-state index in [4.69, 9.17) is 10.5 Å². The summed E-state index contributed by atoms with van der Waals surface area (Å²) in [5, 5.41) is 2.68. The SMILES string of the molecule is COc1ccc(C(=O)N[C@@H](C)CN)cc1S(=O)(=O)N(C)C.Cl. The van der Waals surface area contributed by atoms with Gasteiger partial charge in [0.05, 0.1) is 7.11 Å². The van der Waals surface area contributed by atoms with Crippen molar-refractivity contribution in [3.05, 3.63) is 23.8 Å². The van der Waals surface area contributed by atoms with Gasteiger partial charge in [0, 0.05) is 32.2 Å². The Labute approximate surface area is 137 Å². The van der Waals surface area contributed by atoms with E-state index in [0.717, 1.165) is 4.31 Å². The smallest absolute Gasteiger partial charge is 0.251 e. The number of carbonyl (C=O) groups is 1. The van der Waals surface area contributed by atoms with Crippen LogP contribution in [0.4, 0.5) is 0 Å². The number of carbonyl (C=O) groups excluding carboxylic acids is 1. The highest BCUT2D eigenvalue weighted by atomic mass is 35.5. The lowest BCUT2D eigenvalue weighted by Gasteiger charge is -2.16. The molecule has 9 heteroatoms. The van der Waals surface area contributed by atoms with Gasteiger partial charge in [-0.1, -0.05) is 0 Å². The van der Waals surface area contributed by atoms with E-state index in [1.54, 1.807) is 6.92 Å². The van der Waals surface area contributed by atoms with E-state index < -0.39 is 10.0 Å². The van der Waals surface area contributed by atoms with Crippen LogP contribution in [0.15, 0.2) is 23.1 Å². The number of benzene rings is 1. The van der Waals surface area contributed by atoms with Gasteiger partial charge in [-0.15, -0.1) is 12.4 Å². The Morgan fingerprint density at radius 1 is 1.41 bits per heavy atom. The molecule has 1 aromatic rings. The number of methoxy groups -OCH3 is 1. The van der Waals surface area contributed by atoms with Crippen LogP contribution in [-0.2, 0) is 10.0 Å². The Morgan fingerprint density at radius 3 is 2.45 bits per heavy atom. The molecule has 126 valence electrons. The van der Waals surface area contributed by atoms with E-state index in [1.165, 1.54) is 39.4 Å². The van der Waals surface area contributed by atoms with Crippen LogP contribution >= 0.6 is 12.4 Å². The highest BCUT2D eigenvalue weighted by Crippen LogP contribution is 2.26. The highest BCUT2D eigenvalue weighted by molar-refractivity contribution is 7.89. The van der Waals surface area contributed by atoms with Crippen molar-refractivity contribution in [2.24, 2.45) is 5.73 Å². The fourth-order valence-corrected chi connectivity index (χ4v) is 2.66. The highest BCUT2D eigenvalue weighted by Gasteiger charge is 2.24. The van der Waals surface area contributed by atoms with Gasteiger partial charge in [0.25, 0.3) is 5.91 Å². The molecule has 22 heavy (non-hydrogen) atoms. The van der Waals surface area contributed by atoms with Crippen LogP contribution in [0, 0.1) is 0 Å². The summed E-state index contributed by atoms with van der Waals surface area (Å²) < 4.78 is 30.6. The van der Waals surface area contributed by atoms with Gasteiger partial charge >= 0.3 is 0 Å². The number of sulfonamides is 1. The van der Waals surface area contributed by atoms with Crippen molar-refractivity contribution < 1.29 is 17.9 Å². The van der Waals surface area contributed by atoms with E-state index in [9.17, 15) is 13.2 Å². The largest absolute Gasteiger partial charge is 0.495 e. The number of amides is 1. The van der Waals surface area contributed by atoms with E-state index in [0.29, 0.717) is 6.54 Å². The molecule has 0 aliphatic rings. The van der Waals surface area contributed by atoms with Crippen LogP contribution in [0.3, 0.4) is 0 Å². The van der Waals surface area contributed by atoms with Crippen molar-refractivity contribution in [2.45, 2.75) is 17.9 Å². The Hall–Kier alpha value is -1.35. The minimum atomic E-state index is -3.71. The molecular weight excluding hydrogens is 330 g/mol. The molecule has 0 bridgehead atoms. The van der Waals surface area contributed by atoms with Crippen molar-refractivity contribution in [1.82, 2.24) is 9.62 Å². The predicted octanol–water partition coefficient (Wildman–Crippen LogP) is 0.444. The third-order valence-electron chi connectivity index (χ3n) is 2.92. The molecule has 0 saturated carbocycles. The molecule has 0 aromatic heterocycles. The summed E-state index contributed by atoms with van der Waals surface area (Å²) in [5.41, 5.74) is 5.68. The molecule has 7 nitrogen and oxygen atoms in total. The first-order valence-electron chi connectivity index (χ1n) is 6.35. The lowest BCUT2D eigenvalue weighted by molar-refractivity contribution is 0.0941. The fourth-order valence-electron chi connectivity index (χ4n) is 1.58. The molecule has 0 radical (unpaired) electrons. The average Bonchev–Trinajstić information content (AvgIpc) is 2.45. The maximum atomic E-state index is 12.3. The maximum Gasteiger partial charge on any atom is 0.251 e. The molecule has 0 saturated heterocycles. The van der Waals surface area contributed by atoms with Gasteiger partial charge in [-0.25, -0.2) is 12.7 Å². The van der Waals surface area contributed by atoms with Crippen molar-refractivity contribution in [2.75, 3.05) is 27.7 Å². The third-order valence-corrected chi connectivity index (χ3v) is 4.75. The second kappa shape index (κ2) is 8.33. The third kappa shape index (κ3) is 4.57. The van der Waals surface area contributed by atoms with E-state index in [-0.39, 0.29) is 40.6 Å². The number of hydrogen-bond acceptors (Lipinski definition) is 5. The maximum absolute atomic E-state index is 12.3. The van der Waals surface area contributed by atoms with Crippen LogP contribution in [0.5, 0.6) is 5.75 Å². The Balaban J connectivity index is 0.00000441. The van der Waals surface area contributed by atoms with Crippen molar-refractivity contribution in [3.63, 3.8) is 0 Å². The van der Waals surface area contributed by atoms with Crippen LogP contribution < -0.4 is 15.8 Å². The van der Waals surface area contributed by atoms with Gasteiger partial charge < -0.3 is 15.8 Å². The Bertz CT molecular complexity index is 620. The van der Waals surface area contributed by atoms with Gasteiger partial charge in [0.1, 0.15) is 10.6 Å². The molecule has 0 fully saturated rings. The number of nitrogens with zero attached hydrogens (tertiary/aromatic N) is 1. The standard InChI is InChI=1S/C13H21N3O4S.ClH/c1-9(8-14)15-13(17)10-5-6-11(20-4)12(7-10)21(18,19)16(2)3;/h5-7,9H,8,14H2,1-4H3,(H,15,17);1H/t9-;/m0./s1. The van der Waals surface area contributed by atoms with Crippen LogP contribution in [0.25, 0.3) is 0 Å². The van der Waals surface area contributed by atoms with Crippen LogP contribution in [-0.4, -0.2) is 52.4 Å². The van der Waals surface area contributed by atoms with E-state index in [1.807, 2.05) is 0 Å². The first-order valence-corrected chi connectivity index (χ1v) is 7.79. The molecule has 0 heterocycles. The number of nitrogens with two attached hydrogens (primary N) is 1. The molecule has 0 unspecified atom stereocenters. The van der Waals surface area contributed by atoms with E-state index in [2.05, 4.69) is 5.32 Å². The summed E-state index contributed by atoms with van der Waals surface area (Å²) >= 11 is 0. The van der Waals surface area contributed by atoms with Gasteiger partial charge in [0.15, 0.2) is 0 Å². The van der Waals surface area contributed by atoms with Gasteiger partial charge in [-0.2, -0.15) is 0 Å². The van der Waals surface area contributed by atoms with Crippen LogP contribution in [0.2, 0.25) is 0 Å². The Kier molecular flexibility index (Phi) is 7.82. The summed E-state index contributed by atoms with van der Waals surface area (Å²) in [4.78, 5) is 12.0. The second-order valence-electron chi connectivity index (χ2n) is 4.76. The molecule has 1 amide bonds. The molecule has 1 atom stereocenters. The van der Waals surface area contributed by atoms with E-state index >= 15 is 0 Å². The fraction of sp³-hybridized carbons (Fsp3) is 0.462. The quantitative estimate of drug-likeness (QED) is 0.774. The molecule has 1 rings (SSSR count). The molecule has 0 aliphatic heterocycles. The first kappa shape index (κ1) is 20.6. The summed E-state index contributed by atoms with van der Waals surface area (Å²) in [5.74, 6) is -0.196. The van der Waals surface area contributed by atoms with Gasteiger partial charge in [-0.05, 0) is 25.1 Å². The van der Waals surface area contributed by atoms with Gasteiger partial charge in [-0.3, -0.25) is 4.79 Å². The lowest BCUT2D eigenvalue weighted by atomic mass is 10.2. The Morgan fingerprint density at radius 2 is 2.00 bits per heavy atom. The molecule has 1 aromatic carbocycles. The van der Waals surface area contributed by atoms with Crippen LogP contribution in [0.1, 0.15) is 17.3 Å². The zero-order valence-electron chi connectivity index (χ0n) is 13.0. The minimum Gasteiger partial charge on any atom is -0.495 e. The first-order chi connectivity index (χ1) is 9.73. The van der Waals surface area contributed by atoms with Crippen molar-refractivity contribution in [1.29, 1.82) is 0 Å². The number of nitrogens with one attached hydrogen (secondary N) is 1. The summed E-state index contributed by atoms with van der Waals surface area (Å²) in [6.45, 7) is 2.06. The topological polar surface area (TPSA) is 102 Å². The molecule has 0 aliphatic carbocycles. The zero-order valence-corrected chi connectivity index (χ0v) is 14.6. The predicted molar refractivity (Wildman–Crippen MR) is 87.1 cm³/mol. The van der Waals surface area contributed by atoms with Crippen molar-refractivity contribution in [3.8, 4) is 5.75 Å². The summed E-state index contributed by atoms with van der Waals surface area (Å²) in [6.07, 6.45) is 0. The number of hydrogen-bond donors (Lipinski definition) is 2. The average molecular weight is 352 g/mol. The minimum absolute atomic E-state index is 0. The summed E-state index contributed by atoms with van der Waals surface area (Å²) in [6, 6.07) is 4.06. The second-order valence-corrected chi connectivity index (χ2v) is 6.88. The number of ether oxygens (including phenoxy) is 1.